The molecule has 82 valence electrons. The van der Waals surface area contributed by atoms with Gasteiger partial charge in [-0.3, -0.25) is 0 Å². The summed E-state index contributed by atoms with van der Waals surface area (Å²) in [7, 11) is 0. The number of aliphatic hydroxyl groups excluding tert-OH is 1. The first-order valence-corrected chi connectivity index (χ1v) is 5.09. The van der Waals surface area contributed by atoms with Gasteiger partial charge < -0.3 is 9.84 Å². The van der Waals surface area contributed by atoms with Crippen LogP contribution in [-0.2, 0) is 6.61 Å². The van der Waals surface area contributed by atoms with Gasteiger partial charge in [0.05, 0.1) is 6.61 Å². The van der Waals surface area contributed by atoms with Gasteiger partial charge in [-0.1, -0.05) is 18.2 Å². The van der Waals surface area contributed by atoms with E-state index in [4.69, 9.17) is 9.84 Å². The molecule has 0 aliphatic rings. The first kappa shape index (κ1) is 10.6. The zero-order chi connectivity index (χ0) is 11.4. The predicted molar refractivity (Wildman–Crippen MR) is 61.4 cm³/mol. The third kappa shape index (κ3) is 2.20. The highest BCUT2D eigenvalue weighted by Gasteiger charge is 2.05. The van der Waals surface area contributed by atoms with Gasteiger partial charge in [0.25, 0.3) is 0 Å². The Morgan fingerprint density at radius 1 is 1.19 bits per heavy atom. The van der Waals surface area contributed by atoms with Crippen LogP contribution in [0.15, 0.2) is 42.6 Å². The lowest BCUT2D eigenvalue weighted by molar-refractivity contribution is 0.280. The van der Waals surface area contributed by atoms with Crippen LogP contribution >= 0.6 is 0 Å². The third-order valence-corrected chi connectivity index (χ3v) is 2.42. The van der Waals surface area contributed by atoms with Gasteiger partial charge in [0.15, 0.2) is 0 Å². The minimum atomic E-state index is 0.0191. The summed E-state index contributed by atoms with van der Waals surface area (Å²) in [4.78, 5) is 4.09. The fraction of sp³-hybridized carbons (Fsp3) is 0.154. The second-order valence-electron chi connectivity index (χ2n) is 3.47. The summed E-state index contributed by atoms with van der Waals surface area (Å²) in [6, 6.07) is 11.1. The molecule has 0 amide bonds. The Morgan fingerprint density at radius 2 is 2.06 bits per heavy atom. The molecule has 0 saturated carbocycles. The summed E-state index contributed by atoms with van der Waals surface area (Å²) in [5.41, 5.74) is 1.81. The van der Waals surface area contributed by atoms with Gasteiger partial charge in [-0.15, -0.1) is 0 Å². The molecule has 0 spiro atoms. The number of hydrogen-bond acceptors (Lipinski definition) is 3. The molecule has 0 bridgehead atoms. The third-order valence-electron chi connectivity index (χ3n) is 2.42. The number of rotatable bonds is 3. The first-order valence-electron chi connectivity index (χ1n) is 5.09. The van der Waals surface area contributed by atoms with Crippen LogP contribution < -0.4 is 4.74 Å². The van der Waals surface area contributed by atoms with Crippen LogP contribution in [0.3, 0.4) is 0 Å². The molecule has 0 saturated heterocycles. The van der Waals surface area contributed by atoms with Gasteiger partial charge in [-0.2, -0.15) is 0 Å². The fourth-order valence-electron chi connectivity index (χ4n) is 1.46. The van der Waals surface area contributed by atoms with Crippen LogP contribution in [0, 0.1) is 6.92 Å². The molecule has 3 nitrogen and oxygen atoms in total. The Labute approximate surface area is 94.3 Å². The van der Waals surface area contributed by atoms with E-state index in [1.807, 2.05) is 37.3 Å². The topological polar surface area (TPSA) is 42.4 Å². The van der Waals surface area contributed by atoms with Gasteiger partial charge in [0, 0.05) is 12.3 Å². The van der Waals surface area contributed by atoms with Gasteiger partial charge in [-0.05, 0) is 30.2 Å². The summed E-state index contributed by atoms with van der Waals surface area (Å²) in [5, 5.41) is 9.14. The number of benzene rings is 1. The molecule has 0 aliphatic carbocycles. The molecule has 0 unspecified atom stereocenters. The van der Waals surface area contributed by atoms with E-state index < -0.39 is 0 Å². The van der Waals surface area contributed by atoms with Crippen molar-refractivity contribution in [2.24, 2.45) is 0 Å². The lowest BCUT2D eigenvalue weighted by Crippen LogP contribution is -1.94. The van der Waals surface area contributed by atoms with Crippen molar-refractivity contribution in [2.45, 2.75) is 13.5 Å². The van der Waals surface area contributed by atoms with Crippen molar-refractivity contribution in [3.05, 3.63) is 53.7 Å². The fourth-order valence-corrected chi connectivity index (χ4v) is 1.46. The lowest BCUT2D eigenvalue weighted by atomic mass is 10.1. The molecule has 3 heteroatoms. The summed E-state index contributed by atoms with van der Waals surface area (Å²) in [6.07, 6.45) is 1.68. The Hall–Kier alpha value is -1.87. The number of ether oxygens (including phenoxy) is 1. The minimum absolute atomic E-state index is 0.0191. The molecule has 2 rings (SSSR count). The molecule has 1 aromatic carbocycles. The maximum absolute atomic E-state index is 9.14. The highest BCUT2D eigenvalue weighted by Crippen LogP contribution is 2.25. The number of pyridine rings is 1. The van der Waals surface area contributed by atoms with E-state index in [0.29, 0.717) is 5.88 Å². The van der Waals surface area contributed by atoms with E-state index in [-0.39, 0.29) is 6.61 Å². The van der Waals surface area contributed by atoms with Crippen molar-refractivity contribution < 1.29 is 9.84 Å². The average Bonchev–Trinajstić information content (AvgIpc) is 2.33. The van der Waals surface area contributed by atoms with E-state index in [2.05, 4.69) is 4.98 Å². The second kappa shape index (κ2) is 4.77. The highest BCUT2D eigenvalue weighted by molar-refractivity contribution is 5.40. The minimum Gasteiger partial charge on any atom is -0.439 e. The Morgan fingerprint density at radius 3 is 2.75 bits per heavy atom. The SMILES string of the molecule is Cc1c(CO)cccc1Oc1ccccn1. The number of nitrogens with zero attached hydrogens (tertiary/aromatic N) is 1. The quantitative estimate of drug-likeness (QED) is 0.855. The van der Waals surface area contributed by atoms with Crippen LogP contribution in [0.1, 0.15) is 11.1 Å². The number of hydrogen-bond donors (Lipinski definition) is 1. The average molecular weight is 215 g/mol. The lowest BCUT2D eigenvalue weighted by Gasteiger charge is -2.10. The summed E-state index contributed by atoms with van der Waals surface area (Å²) in [5.74, 6) is 1.28. The molecule has 2 aromatic rings. The molecule has 0 aliphatic heterocycles. The number of aliphatic hydroxyl groups is 1. The smallest absolute Gasteiger partial charge is 0.219 e. The molecule has 1 heterocycles. The summed E-state index contributed by atoms with van der Waals surface area (Å²) in [6.45, 7) is 1.94. The summed E-state index contributed by atoms with van der Waals surface area (Å²) < 4.78 is 5.63. The van der Waals surface area contributed by atoms with Crippen molar-refractivity contribution in [3.63, 3.8) is 0 Å². The maximum Gasteiger partial charge on any atom is 0.219 e. The Bertz CT molecular complexity index is 469. The second-order valence-corrected chi connectivity index (χ2v) is 3.47. The van der Waals surface area contributed by atoms with Crippen LogP contribution in [0.5, 0.6) is 11.6 Å². The van der Waals surface area contributed by atoms with E-state index in [0.717, 1.165) is 16.9 Å². The Balaban J connectivity index is 2.28. The molecular weight excluding hydrogens is 202 g/mol. The zero-order valence-electron chi connectivity index (χ0n) is 9.05. The molecule has 16 heavy (non-hydrogen) atoms. The molecular formula is C13H13NO2. The van der Waals surface area contributed by atoms with Gasteiger partial charge >= 0.3 is 0 Å². The van der Waals surface area contributed by atoms with E-state index in [1.165, 1.54) is 0 Å². The van der Waals surface area contributed by atoms with Crippen LogP contribution in [0.2, 0.25) is 0 Å². The summed E-state index contributed by atoms with van der Waals surface area (Å²) >= 11 is 0. The largest absolute Gasteiger partial charge is 0.439 e. The highest BCUT2D eigenvalue weighted by atomic mass is 16.5. The standard InChI is InChI=1S/C13H13NO2/c1-10-11(9-15)5-4-6-12(10)16-13-7-2-3-8-14-13/h2-8,15H,9H2,1H3. The molecule has 1 aromatic heterocycles. The van der Waals surface area contributed by atoms with Crippen molar-refractivity contribution in [1.82, 2.24) is 4.98 Å². The Kier molecular flexibility index (Phi) is 3.17. The first-order chi connectivity index (χ1) is 7.81. The van der Waals surface area contributed by atoms with Crippen molar-refractivity contribution in [1.29, 1.82) is 0 Å². The van der Waals surface area contributed by atoms with E-state index >= 15 is 0 Å². The molecule has 1 N–H and O–H groups in total. The molecule has 0 fully saturated rings. The number of aromatic nitrogens is 1. The maximum atomic E-state index is 9.14. The monoisotopic (exact) mass is 215 g/mol. The van der Waals surface area contributed by atoms with Crippen LogP contribution in [0.4, 0.5) is 0 Å². The van der Waals surface area contributed by atoms with Gasteiger partial charge in [0.1, 0.15) is 5.75 Å². The predicted octanol–water partition coefficient (Wildman–Crippen LogP) is 2.67. The normalized spacial score (nSPS) is 10.1. The van der Waals surface area contributed by atoms with Crippen LogP contribution in [0.25, 0.3) is 0 Å². The zero-order valence-corrected chi connectivity index (χ0v) is 9.05. The van der Waals surface area contributed by atoms with E-state index in [9.17, 15) is 0 Å². The molecule has 0 radical (unpaired) electrons. The van der Waals surface area contributed by atoms with Crippen LogP contribution in [-0.4, -0.2) is 10.1 Å². The van der Waals surface area contributed by atoms with Crippen molar-refractivity contribution in [3.8, 4) is 11.6 Å². The van der Waals surface area contributed by atoms with Gasteiger partial charge in [0.2, 0.25) is 5.88 Å². The van der Waals surface area contributed by atoms with Gasteiger partial charge in [-0.25, -0.2) is 4.98 Å². The van der Waals surface area contributed by atoms with Crippen molar-refractivity contribution in [2.75, 3.05) is 0 Å². The molecule has 0 atom stereocenters. The van der Waals surface area contributed by atoms with E-state index in [1.54, 1.807) is 12.3 Å². The van der Waals surface area contributed by atoms with Crippen molar-refractivity contribution >= 4 is 0 Å².